The molecule has 0 aliphatic heterocycles. The van der Waals surface area contributed by atoms with Gasteiger partial charge in [-0.2, -0.15) is 0 Å². The molecule has 5 aliphatic rings. The summed E-state index contributed by atoms with van der Waals surface area (Å²) in [6, 6.07) is 65.0. The number of fused-ring (bicyclic) bond motifs is 7. The molecule has 0 unspecified atom stereocenters. The normalized spacial score (nSPS) is 21.9. The van der Waals surface area contributed by atoms with Crippen molar-refractivity contribution in [2.45, 2.75) is 37.5 Å². The summed E-state index contributed by atoms with van der Waals surface area (Å²) >= 11 is 0. The van der Waals surface area contributed by atoms with E-state index in [2.05, 4.69) is 158 Å². The van der Waals surface area contributed by atoms with Crippen molar-refractivity contribution in [3.05, 3.63) is 187 Å². The SMILES string of the molecule is c1ccc(-c2nc(-c3ccc4ccccc4c3)nc(-c3ccc4ccc(-c5cccc6cc7c(cc56)-c5cc6ccccc6cc5C75C6CC7CC(C6)CC5C7)cc4c3)n2)cc1. The summed E-state index contributed by atoms with van der Waals surface area (Å²) in [4.78, 5) is 15.3. The molecular formula is C59H43N3. The molecule has 4 fully saturated rings. The van der Waals surface area contributed by atoms with Crippen LogP contribution in [0.25, 0.3) is 99.5 Å². The van der Waals surface area contributed by atoms with Gasteiger partial charge in [0.05, 0.1) is 0 Å². The summed E-state index contributed by atoms with van der Waals surface area (Å²) < 4.78 is 0. The molecule has 4 saturated carbocycles. The van der Waals surface area contributed by atoms with E-state index in [-0.39, 0.29) is 5.41 Å². The summed E-state index contributed by atoms with van der Waals surface area (Å²) in [7, 11) is 0. The Bertz CT molecular complexity index is 3470. The maximum absolute atomic E-state index is 5.15. The first kappa shape index (κ1) is 34.7. The van der Waals surface area contributed by atoms with Gasteiger partial charge in [-0.15, -0.1) is 0 Å². The van der Waals surface area contributed by atoms with Crippen molar-refractivity contribution in [1.82, 2.24) is 15.0 Å². The van der Waals surface area contributed by atoms with Gasteiger partial charge in [0.15, 0.2) is 17.5 Å². The van der Waals surface area contributed by atoms with Crippen LogP contribution in [0.4, 0.5) is 0 Å². The van der Waals surface area contributed by atoms with Gasteiger partial charge < -0.3 is 0 Å². The standard InChI is InChI=1S/C59H43N3/c1-2-10-39(11-3-1)56-60-57(45-21-18-37-9-4-5-12-40(37)28-45)62-58(61-56)46-22-19-38-17-20-44(29-47(38)30-46)50-16-8-15-43-33-55-53(34-51(43)50)52-31-41-13-6-7-14-42(41)32-54(52)59(55)48-24-35-23-36(26-48)27-49(59)25-35/h1-22,28-36,48-49H,23-27H2. The van der Waals surface area contributed by atoms with Crippen molar-refractivity contribution >= 4 is 43.1 Å². The number of hydrogen-bond acceptors (Lipinski definition) is 3. The lowest BCUT2D eigenvalue weighted by Crippen LogP contribution is -2.55. The molecule has 10 aromatic rings. The number of benzene rings is 9. The van der Waals surface area contributed by atoms with E-state index in [0.29, 0.717) is 17.5 Å². The highest BCUT2D eigenvalue weighted by atomic mass is 15.0. The van der Waals surface area contributed by atoms with Crippen LogP contribution in [0.5, 0.6) is 0 Å². The predicted molar refractivity (Wildman–Crippen MR) is 255 cm³/mol. The van der Waals surface area contributed by atoms with Crippen LogP contribution in [-0.2, 0) is 5.41 Å². The molecule has 0 atom stereocenters. The summed E-state index contributed by atoms with van der Waals surface area (Å²) in [5.41, 5.74) is 11.7. The zero-order valence-electron chi connectivity index (χ0n) is 34.4. The van der Waals surface area contributed by atoms with Gasteiger partial charge in [0, 0.05) is 22.1 Å². The molecule has 0 amide bonds. The maximum Gasteiger partial charge on any atom is 0.164 e. The highest BCUT2D eigenvalue weighted by molar-refractivity contribution is 6.05. The van der Waals surface area contributed by atoms with Crippen molar-refractivity contribution in [1.29, 1.82) is 0 Å². The van der Waals surface area contributed by atoms with Crippen LogP contribution in [-0.4, -0.2) is 15.0 Å². The van der Waals surface area contributed by atoms with E-state index in [0.717, 1.165) is 51.1 Å². The minimum atomic E-state index is 0.120. The van der Waals surface area contributed by atoms with Crippen LogP contribution in [0.3, 0.4) is 0 Å². The molecule has 9 aromatic carbocycles. The smallest absolute Gasteiger partial charge is 0.164 e. The molecule has 5 aliphatic carbocycles. The largest absolute Gasteiger partial charge is 0.208 e. The third-order valence-electron chi connectivity index (χ3n) is 15.6. The fourth-order valence-electron chi connectivity index (χ4n) is 13.1. The van der Waals surface area contributed by atoms with Crippen molar-refractivity contribution < 1.29 is 0 Å². The van der Waals surface area contributed by atoms with Gasteiger partial charge in [0.25, 0.3) is 0 Å². The fourth-order valence-corrected chi connectivity index (χ4v) is 13.1. The van der Waals surface area contributed by atoms with E-state index in [9.17, 15) is 0 Å². The van der Waals surface area contributed by atoms with E-state index < -0.39 is 0 Å². The number of hydrogen-bond donors (Lipinski definition) is 0. The van der Waals surface area contributed by atoms with Crippen LogP contribution in [0.15, 0.2) is 176 Å². The number of aromatic nitrogens is 3. The van der Waals surface area contributed by atoms with Crippen molar-refractivity contribution in [3.63, 3.8) is 0 Å². The van der Waals surface area contributed by atoms with Gasteiger partial charge in [-0.3, -0.25) is 0 Å². The topological polar surface area (TPSA) is 38.7 Å². The van der Waals surface area contributed by atoms with E-state index in [4.69, 9.17) is 15.0 Å². The highest BCUT2D eigenvalue weighted by Gasteiger charge is 2.61. The molecular weight excluding hydrogens is 751 g/mol. The van der Waals surface area contributed by atoms with Crippen molar-refractivity contribution in [2.24, 2.45) is 23.7 Å². The summed E-state index contributed by atoms with van der Waals surface area (Å²) in [6.07, 6.45) is 7.01. The lowest BCUT2D eigenvalue weighted by atomic mass is 9.43. The lowest BCUT2D eigenvalue weighted by molar-refractivity contribution is -0.0398. The second-order valence-corrected chi connectivity index (χ2v) is 18.9. The Morgan fingerprint density at radius 3 is 1.48 bits per heavy atom. The first-order chi connectivity index (χ1) is 30.6. The minimum absolute atomic E-state index is 0.120. The van der Waals surface area contributed by atoms with Crippen LogP contribution >= 0.6 is 0 Å². The average molecular weight is 794 g/mol. The van der Waals surface area contributed by atoms with Crippen molar-refractivity contribution in [2.75, 3.05) is 0 Å². The summed E-state index contributed by atoms with van der Waals surface area (Å²) in [6.45, 7) is 0. The van der Waals surface area contributed by atoms with Crippen LogP contribution in [0.2, 0.25) is 0 Å². The molecule has 1 heterocycles. The van der Waals surface area contributed by atoms with E-state index in [1.807, 2.05) is 18.2 Å². The molecule has 294 valence electrons. The van der Waals surface area contributed by atoms with Crippen LogP contribution in [0, 0.1) is 23.7 Å². The molecule has 0 N–H and O–H groups in total. The molecule has 62 heavy (non-hydrogen) atoms. The molecule has 3 nitrogen and oxygen atoms in total. The number of rotatable bonds is 4. The maximum atomic E-state index is 5.15. The predicted octanol–water partition coefficient (Wildman–Crippen LogP) is 14.9. The minimum Gasteiger partial charge on any atom is -0.208 e. The first-order valence-electron chi connectivity index (χ1n) is 22.6. The molecule has 3 heteroatoms. The van der Waals surface area contributed by atoms with Crippen molar-refractivity contribution in [3.8, 4) is 56.4 Å². The molecule has 4 bridgehead atoms. The van der Waals surface area contributed by atoms with Gasteiger partial charge in [-0.1, -0.05) is 133 Å². The zero-order chi connectivity index (χ0) is 40.5. The van der Waals surface area contributed by atoms with Gasteiger partial charge in [-0.05, 0) is 175 Å². The monoisotopic (exact) mass is 793 g/mol. The Kier molecular flexibility index (Phi) is 7.29. The molecule has 1 aromatic heterocycles. The zero-order valence-corrected chi connectivity index (χ0v) is 34.4. The van der Waals surface area contributed by atoms with E-state index in [1.165, 1.54) is 86.7 Å². The van der Waals surface area contributed by atoms with Crippen LogP contribution < -0.4 is 0 Å². The van der Waals surface area contributed by atoms with Gasteiger partial charge in [0.2, 0.25) is 0 Å². The van der Waals surface area contributed by atoms with Gasteiger partial charge >= 0.3 is 0 Å². The van der Waals surface area contributed by atoms with Crippen LogP contribution in [0.1, 0.15) is 43.2 Å². The lowest BCUT2D eigenvalue weighted by Gasteiger charge is -2.61. The van der Waals surface area contributed by atoms with Gasteiger partial charge in [-0.25, -0.2) is 15.0 Å². The molecule has 15 rings (SSSR count). The third-order valence-corrected chi connectivity index (χ3v) is 15.6. The second-order valence-electron chi connectivity index (χ2n) is 18.9. The molecule has 0 radical (unpaired) electrons. The first-order valence-corrected chi connectivity index (χ1v) is 22.6. The highest BCUT2D eigenvalue weighted by Crippen LogP contribution is 2.70. The van der Waals surface area contributed by atoms with Gasteiger partial charge in [0.1, 0.15) is 0 Å². The van der Waals surface area contributed by atoms with E-state index >= 15 is 0 Å². The average Bonchev–Trinajstić information content (AvgIpc) is 3.59. The third kappa shape index (κ3) is 5.08. The Labute approximate surface area is 361 Å². The Morgan fingerprint density at radius 2 is 0.806 bits per heavy atom. The summed E-state index contributed by atoms with van der Waals surface area (Å²) in [5, 5.41) is 10.1. The Balaban J connectivity index is 0.914. The number of nitrogens with zero attached hydrogens (tertiary/aromatic N) is 3. The second kappa shape index (κ2) is 13.0. The Hall–Kier alpha value is -6.97. The molecule has 1 spiro atoms. The Morgan fingerprint density at radius 1 is 0.323 bits per heavy atom. The van der Waals surface area contributed by atoms with E-state index in [1.54, 1.807) is 11.1 Å². The summed E-state index contributed by atoms with van der Waals surface area (Å²) in [5.74, 6) is 5.29. The molecule has 0 saturated heterocycles. The quantitative estimate of drug-likeness (QED) is 0.178. The fraction of sp³-hybridized carbons (Fsp3) is 0.169.